The number of anilines is 2. The number of carbonyl (C=O) groups excluding carboxylic acids is 2. The Kier molecular flexibility index (Phi) is 13.8. The summed E-state index contributed by atoms with van der Waals surface area (Å²) in [5, 5.41) is 6.82. The highest BCUT2D eigenvalue weighted by Gasteiger charge is 2.25. The summed E-state index contributed by atoms with van der Waals surface area (Å²) in [5.74, 6) is 0.123. The molecule has 1 aromatic carbocycles. The van der Waals surface area contributed by atoms with Gasteiger partial charge >= 0.3 is 6.09 Å². The predicted octanol–water partition coefficient (Wildman–Crippen LogP) is 5.84. The molecular formula is C33H47ClFN7O4S. The minimum atomic E-state index is -0.571. The summed E-state index contributed by atoms with van der Waals surface area (Å²) in [6.45, 7) is 14.2. The van der Waals surface area contributed by atoms with Gasteiger partial charge in [0.25, 0.3) is 0 Å². The normalized spacial score (nSPS) is 15.5. The minimum absolute atomic E-state index is 0.118. The Balaban J connectivity index is 1.70. The fraction of sp³-hybridized carbons (Fsp3) is 0.485. The molecule has 0 unspecified atom stereocenters. The van der Waals surface area contributed by atoms with E-state index in [1.807, 2.05) is 46.4 Å². The lowest BCUT2D eigenvalue weighted by Crippen LogP contribution is -2.40. The molecule has 1 fully saturated rings. The molecule has 47 heavy (non-hydrogen) atoms. The van der Waals surface area contributed by atoms with Crippen molar-refractivity contribution in [2.75, 3.05) is 55.7 Å². The first-order valence-electron chi connectivity index (χ1n) is 15.4. The molecule has 14 heteroatoms. The number of aromatic nitrogens is 1. The summed E-state index contributed by atoms with van der Waals surface area (Å²) in [5.41, 5.74) is 13.2. The summed E-state index contributed by atoms with van der Waals surface area (Å²) in [6, 6.07) is 7.51. The summed E-state index contributed by atoms with van der Waals surface area (Å²) >= 11 is 7.45. The largest absolute Gasteiger partial charge is 0.444 e. The molecular weight excluding hydrogens is 645 g/mol. The van der Waals surface area contributed by atoms with Crippen LogP contribution >= 0.6 is 23.4 Å². The molecule has 0 atom stereocenters. The molecule has 3 rings (SSSR count). The van der Waals surface area contributed by atoms with E-state index >= 15 is 0 Å². The van der Waals surface area contributed by atoms with E-state index in [2.05, 4.69) is 15.6 Å². The van der Waals surface area contributed by atoms with Crippen molar-refractivity contribution in [1.29, 1.82) is 0 Å². The van der Waals surface area contributed by atoms with Gasteiger partial charge in [0.05, 0.1) is 29.5 Å². The average molecular weight is 692 g/mol. The van der Waals surface area contributed by atoms with E-state index in [1.165, 1.54) is 30.0 Å². The maximum atomic E-state index is 14.6. The van der Waals surface area contributed by atoms with Crippen LogP contribution < -0.4 is 22.1 Å². The van der Waals surface area contributed by atoms with E-state index in [4.69, 9.17) is 32.5 Å². The number of pyridine rings is 1. The summed E-state index contributed by atoms with van der Waals surface area (Å²) in [4.78, 5) is 33.4. The number of nitrogens with two attached hydrogens (primary N) is 2. The van der Waals surface area contributed by atoms with E-state index in [1.54, 1.807) is 29.3 Å². The Morgan fingerprint density at radius 3 is 2.49 bits per heavy atom. The first-order chi connectivity index (χ1) is 22.0. The molecule has 6 N–H and O–H groups in total. The number of rotatable bonds is 11. The van der Waals surface area contributed by atoms with Gasteiger partial charge in [-0.25, -0.2) is 14.2 Å². The number of benzene rings is 1. The number of thioether (sulfide) groups is 1. The number of hydrogen-bond acceptors (Lipinski definition) is 10. The molecule has 258 valence electrons. The van der Waals surface area contributed by atoms with Gasteiger partial charge in [0.2, 0.25) is 5.91 Å². The molecule has 0 radical (unpaired) electrons. The zero-order chi connectivity index (χ0) is 34.8. The fourth-order valence-electron chi connectivity index (χ4n) is 4.45. The van der Waals surface area contributed by atoms with Crippen LogP contribution in [0.2, 0.25) is 5.02 Å². The number of hydrogen-bond donors (Lipinski definition) is 4. The first kappa shape index (κ1) is 37.9. The molecule has 0 bridgehead atoms. The Hall–Kier alpha value is -3.52. The van der Waals surface area contributed by atoms with Crippen LogP contribution in [0.1, 0.15) is 53.5 Å². The van der Waals surface area contributed by atoms with E-state index in [0.29, 0.717) is 65.8 Å². The highest BCUT2D eigenvalue weighted by atomic mass is 35.5. The number of halogens is 2. The van der Waals surface area contributed by atoms with E-state index in [0.717, 1.165) is 6.42 Å². The highest BCUT2D eigenvalue weighted by molar-refractivity contribution is 8.03. The second-order valence-electron chi connectivity index (χ2n) is 13.0. The fourth-order valence-corrected chi connectivity index (χ4v) is 5.28. The van der Waals surface area contributed by atoms with Gasteiger partial charge in [-0.3, -0.25) is 9.69 Å². The Bertz CT molecular complexity index is 1460. The molecule has 0 saturated carbocycles. The SMILES string of the molecule is CC(C)(C)OCCS/C(N)=C(/C=C(\N)c1cc(Cl)ccc1F)Nc1ccnc(NC(=O)CN2CCCN(C(=O)OC(C)(C)C)CC2)c1. The van der Waals surface area contributed by atoms with Gasteiger partial charge in [0.15, 0.2) is 0 Å². The molecule has 1 aliphatic heterocycles. The van der Waals surface area contributed by atoms with Gasteiger partial charge in [-0.15, -0.1) is 11.8 Å². The first-order valence-corrected chi connectivity index (χ1v) is 16.8. The van der Waals surface area contributed by atoms with Crippen LogP contribution in [0.25, 0.3) is 5.70 Å². The third kappa shape index (κ3) is 13.6. The smallest absolute Gasteiger partial charge is 0.410 e. The Labute approximate surface area is 286 Å². The van der Waals surface area contributed by atoms with Crippen molar-refractivity contribution >= 4 is 52.6 Å². The quantitative estimate of drug-likeness (QED) is 0.167. The van der Waals surface area contributed by atoms with Crippen LogP contribution in [0.3, 0.4) is 0 Å². The number of allylic oxidation sites excluding steroid dienone is 1. The second kappa shape index (κ2) is 17.0. The van der Waals surface area contributed by atoms with Crippen molar-refractivity contribution in [3.05, 3.63) is 69.7 Å². The molecule has 2 amide bonds. The van der Waals surface area contributed by atoms with Crippen molar-refractivity contribution in [2.24, 2.45) is 11.5 Å². The number of nitrogens with one attached hydrogen (secondary N) is 2. The third-order valence-electron chi connectivity index (χ3n) is 6.59. The number of amides is 2. The topological polar surface area (TPSA) is 148 Å². The molecule has 11 nitrogen and oxygen atoms in total. The molecule has 0 aliphatic carbocycles. The Morgan fingerprint density at radius 1 is 1.04 bits per heavy atom. The van der Waals surface area contributed by atoms with Gasteiger partial charge < -0.3 is 36.5 Å². The van der Waals surface area contributed by atoms with Gasteiger partial charge in [0.1, 0.15) is 17.2 Å². The van der Waals surface area contributed by atoms with Crippen LogP contribution in [0.5, 0.6) is 0 Å². The number of carbonyl (C=O) groups is 2. The zero-order valence-corrected chi connectivity index (χ0v) is 29.6. The van der Waals surface area contributed by atoms with Crippen LogP contribution in [0.4, 0.5) is 20.7 Å². The standard InChI is InChI=1S/C33H47ClFN7O4S/c1-32(2,3)45-16-17-47-30(37)27(20-26(36)24-18-22(34)8-9-25(24)35)39-23-10-11-38-28(19-23)40-29(43)21-41-12-7-13-42(15-14-41)31(44)46-33(4,5)6/h8-11,18-20H,7,12-17,21,36-37H2,1-6H3,(H2,38,39,40,43)/b26-20-,30-27-. The zero-order valence-electron chi connectivity index (χ0n) is 28.0. The van der Waals surface area contributed by atoms with Gasteiger partial charge in [0, 0.05) is 66.2 Å². The lowest BCUT2D eigenvalue weighted by atomic mass is 10.1. The maximum absolute atomic E-state index is 14.6. The highest BCUT2D eigenvalue weighted by Crippen LogP contribution is 2.25. The Morgan fingerprint density at radius 2 is 1.79 bits per heavy atom. The van der Waals surface area contributed by atoms with Crippen molar-refractivity contribution in [3.8, 4) is 0 Å². The van der Waals surface area contributed by atoms with Crippen molar-refractivity contribution in [2.45, 2.75) is 59.2 Å². The number of nitrogens with zero attached hydrogens (tertiary/aromatic N) is 3. The summed E-state index contributed by atoms with van der Waals surface area (Å²) < 4.78 is 25.9. The van der Waals surface area contributed by atoms with E-state index in [9.17, 15) is 14.0 Å². The van der Waals surface area contributed by atoms with Crippen molar-refractivity contribution in [3.63, 3.8) is 0 Å². The van der Waals surface area contributed by atoms with Crippen LogP contribution in [-0.2, 0) is 14.3 Å². The van der Waals surface area contributed by atoms with Gasteiger partial charge in [-0.05, 0) is 78.3 Å². The number of ether oxygens (including phenoxy) is 2. The summed E-state index contributed by atoms with van der Waals surface area (Å²) in [6.07, 6.45) is 3.46. The molecule has 1 saturated heterocycles. The van der Waals surface area contributed by atoms with Crippen LogP contribution in [0, 0.1) is 5.82 Å². The minimum Gasteiger partial charge on any atom is -0.444 e. The van der Waals surface area contributed by atoms with Crippen molar-refractivity contribution in [1.82, 2.24) is 14.8 Å². The van der Waals surface area contributed by atoms with Crippen LogP contribution in [0.15, 0.2) is 53.3 Å². The molecule has 2 aromatic rings. The maximum Gasteiger partial charge on any atom is 0.410 e. The van der Waals surface area contributed by atoms with Gasteiger partial charge in [-0.2, -0.15) is 0 Å². The van der Waals surface area contributed by atoms with Crippen LogP contribution in [-0.4, -0.2) is 83.1 Å². The molecule has 0 spiro atoms. The monoisotopic (exact) mass is 691 g/mol. The predicted molar refractivity (Wildman–Crippen MR) is 188 cm³/mol. The summed E-state index contributed by atoms with van der Waals surface area (Å²) in [7, 11) is 0. The van der Waals surface area contributed by atoms with E-state index in [-0.39, 0.29) is 35.4 Å². The second-order valence-corrected chi connectivity index (χ2v) is 14.6. The molecule has 2 heterocycles. The molecule has 1 aromatic heterocycles. The lowest BCUT2D eigenvalue weighted by Gasteiger charge is -2.26. The van der Waals surface area contributed by atoms with Crippen molar-refractivity contribution < 1.29 is 23.5 Å². The molecule has 1 aliphatic rings. The third-order valence-corrected chi connectivity index (χ3v) is 7.73. The lowest BCUT2D eigenvalue weighted by molar-refractivity contribution is -0.117. The van der Waals surface area contributed by atoms with E-state index < -0.39 is 11.4 Å². The van der Waals surface area contributed by atoms with Gasteiger partial charge in [-0.1, -0.05) is 11.6 Å². The average Bonchev–Trinajstić information content (AvgIpc) is 3.20.